The van der Waals surface area contributed by atoms with Gasteiger partial charge in [0, 0.05) is 22.3 Å². The van der Waals surface area contributed by atoms with Crippen LogP contribution in [-0.2, 0) is 0 Å². The van der Waals surface area contributed by atoms with Crippen LogP contribution >= 0.6 is 25.2 Å². The molecule has 0 atom stereocenters. The Balaban J connectivity index is 1.53. The summed E-state index contributed by atoms with van der Waals surface area (Å²) < 4.78 is 0. The second-order valence-corrected chi connectivity index (χ2v) is 19.0. The third kappa shape index (κ3) is 1.90. The van der Waals surface area contributed by atoms with E-state index in [2.05, 4.69) is 97.1 Å². The van der Waals surface area contributed by atoms with Crippen LogP contribution in [0.1, 0.15) is 67.1 Å². The summed E-state index contributed by atoms with van der Waals surface area (Å²) in [7, 11) is -0.426. The number of hydrogen-bond acceptors (Lipinski definition) is 0. The zero-order valence-corrected chi connectivity index (χ0v) is 19.4. The third-order valence-corrected chi connectivity index (χ3v) is 21.0. The fourth-order valence-corrected chi connectivity index (χ4v) is 22.9. The summed E-state index contributed by atoms with van der Waals surface area (Å²) in [6, 6.07) is 36.9. The average Bonchev–Trinajstić information content (AvgIpc) is 2.83. The second kappa shape index (κ2) is 5.88. The number of benzene rings is 4. The zero-order chi connectivity index (χ0) is 20.3. The van der Waals surface area contributed by atoms with Crippen molar-refractivity contribution >= 4 is 25.2 Å². The predicted molar refractivity (Wildman–Crippen MR) is 133 cm³/mol. The molecule has 4 aromatic carbocycles. The Morgan fingerprint density at radius 1 is 0.452 bits per heavy atom. The van der Waals surface area contributed by atoms with Crippen molar-refractivity contribution in [3.05, 3.63) is 142 Å². The Labute approximate surface area is 189 Å². The SMILES string of the molecule is Cl[P+]12C3c4ccccc4C(c4ccccc43)P1C1c3ccccc3C2c2ccccc21. The Bertz CT molecular complexity index is 1210. The fraction of sp³-hybridized carbons (Fsp3) is 0.143. The van der Waals surface area contributed by atoms with Crippen LogP contribution in [0.15, 0.2) is 97.1 Å². The quantitative estimate of drug-likeness (QED) is 0.233. The number of hydrogen-bond donors (Lipinski definition) is 0. The molecule has 0 amide bonds. The lowest BCUT2D eigenvalue weighted by Gasteiger charge is -2.59. The van der Waals surface area contributed by atoms with E-state index in [0.717, 1.165) is 0 Å². The summed E-state index contributed by atoms with van der Waals surface area (Å²) in [5, 5.41) is 0. The van der Waals surface area contributed by atoms with Crippen molar-refractivity contribution in [1.29, 1.82) is 0 Å². The normalized spacial score (nSPS) is 32.5. The van der Waals surface area contributed by atoms with Crippen molar-refractivity contribution in [3.63, 3.8) is 0 Å². The molecule has 0 nitrogen and oxygen atoms in total. The van der Waals surface area contributed by atoms with Crippen LogP contribution in [0.2, 0.25) is 0 Å². The van der Waals surface area contributed by atoms with Crippen LogP contribution in [0.5, 0.6) is 0 Å². The van der Waals surface area contributed by atoms with Crippen molar-refractivity contribution in [1.82, 2.24) is 0 Å². The van der Waals surface area contributed by atoms with Crippen molar-refractivity contribution in [2.45, 2.75) is 22.6 Å². The van der Waals surface area contributed by atoms with E-state index in [0.29, 0.717) is 22.6 Å². The van der Waals surface area contributed by atoms with Gasteiger partial charge in [0.15, 0.2) is 6.30 Å². The van der Waals surface area contributed by atoms with Gasteiger partial charge in [-0.25, -0.2) is 0 Å². The molecule has 31 heavy (non-hydrogen) atoms. The molecule has 4 bridgehead atoms. The zero-order valence-electron chi connectivity index (χ0n) is 16.8. The monoisotopic (exact) mass is 453 g/mol. The minimum absolute atomic E-state index is 0.354. The number of rotatable bonds is 0. The summed E-state index contributed by atoms with van der Waals surface area (Å²) in [6.07, 6.45) is -1.88. The van der Waals surface area contributed by atoms with E-state index < -0.39 is 13.9 Å². The molecule has 0 aromatic heterocycles. The molecule has 148 valence electrons. The minimum Gasteiger partial charge on any atom is -0.0619 e. The largest absolute Gasteiger partial charge is 0.157 e. The highest BCUT2D eigenvalue weighted by Gasteiger charge is 2.75. The van der Waals surface area contributed by atoms with Crippen LogP contribution in [-0.4, -0.2) is 0 Å². The van der Waals surface area contributed by atoms with Gasteiger partial charge in [-0.3, -0.25) is 0 Å². The lowest BCUT2D eigenvalue weighted by Crippen LogP contribution is -2.34. The summed E-state index contributed by atoms with van der Waals surface area (Å²) >= 11 is 8.22. The standard InChI is InChI=1S/C28H20ClP2/c29-31-27-21-13-5-1-9-17(21)25(18-10-2-6-14-22(18)27)30(31)26-19-11-3-7-15-23(19)28(31)24-16-8-4-12-20(24)26/h1-16,25-28H/q+1. The molecule has 0 saturated carbocycles. The lowest BCUT2D eigenvalue weighted by atomic mass is 9.84. The second-order valence-electron chi connectivity index (χ2n) is 9.16. The Hall–Kier alpha value is -1.97. The molecule has 2 aliphatic carbocycles. The molecule has 0 spiro atoms. The molecule has 3 heteroatoms. The molecule has 4 aromatic rings. The molecule has 0 N–H and O–H groups in total. The molecule has 10 rings (SSSR count). The maximum Gasteiger partial charge on any atom is 0.157 e. The highest BCUT2D eigenvalue weighted by Crippen LogP contribution is 3.12. The Morgan fingerprint density at radius 2 is 0.710 bits per heavy atom. The van der Waals surface area contributed by atoms with E-state index in [1.165, 1.54) is 22.3 Å². The fourth-order valence-electron chi connectivity index (χ4n) is 6.97. The van der Waals surface area contributed by atoms with Gasteiger partial charge in [-0.05, 0) is 22.3 Å². The maximum atomic E-state index is 8.22. The molecule has 0 saturated heterocycles. The molecule has 4 aliphatic heterocycles. The van der Waals surface area contributed by atoms with Gasteiger partial charge in [0.05, 0.1) is 22.6 Å². The topological polar surface area (TPSA) is 0 Å². The van der Waals surface area contributed by atoms with Crippen molar-refractivity contribution in [3.8, 4) is 0 Å². The molecule has 0 unspecified atom stereocenters. The van der Waals surface area contributed by atoms with Gasteiger partial charge in [0.25, 0.3) is 0 Å². The minimum atomic E-state index is -1.88. The summed E-state index contributed by atoms with van der Waals surface area (Å²) in [4.78, 5) is 0. The van der Waals surface area contributed by atoms with E-state index in [1.807, 2.05) is 0 Å². The van der Waals surface area contributed by atoms with Crippen LogP contribution in [0.3, 0.4) is 0 Å². The first-order valence-electron chi connectivity index (χ1n) is 11.0. The molecule has 0 radical (unpaired) electrons. The van der Waals surface area contributed by atoms with Crippen LogP contribution in [0.25, 0.3) is 0 Å². The van der Waals surface area contributed by atoms with Crippen LogP contribution in [0, 0.1) is 0 Å². The molecular weight excluding hydrogens is 434 g/mol. The molecular formula is C28H20ClP2+. The highest BCUT2D eigenvalue weighted by molar-refractivity contribution is 8.50. The van der Waals surface area contributed by atoms with Gasteiger partial charge in [0.2, 0.25) is 0 Å². The van der Waals surface area contributed by atoms with Gasteiger partial charge in [-0.15, -0.1) is 0 Å². The molecule has 6 aliphatic rings. The van der Waals surface area contributed by atoms with Gasteiger partial charge in [-0.2, -0.15) is 0 Å². The first kappa shape index (κ1) is 17.6. The van der Waals surface area contributed by atoms with E-state index in [-0.39, 0.29) is 0 Å². The highest BCUT2D eigenvalue weighted by atomic mass is 35.7. The van der Waals surface area contributed by atoms with E-state index >= 15 is 0 Å². The van der Waals surface area contributed by atoms with Crippen molar-refractivity contribution in [2.24, 2.45) is 0 Å². The first-order valence-corrected chi connectivity index (χ1v) is 16.0. The van der Waals surface area contributed by atoms with Crippen molar-refractivity contribution < 1.29 is 0 Å². The summed E-state index contributed by atoms with van der Waals surface area (Å²) in [5.41, 5.74) is 13.9. The maximum absolute atomic E-state index is 8.22. The lowest BCUT2D eigenvalue weighted by molar-refractivity contribution is 0.860. The summed E-state index contributed by atoms with van der Waals surface area (Å²) in [5.74, 6) is 0. The van der Waals surface area contributed by atoms with Gasteiger partial charge in [0.1, 0.15) is 18.9 Å². The molecule has 0 fully saturated rings. The van der Waals surface area contributed by atoms with Gasteiger partial charge in [-0.1, -0.05) is 97.1 Å². The summed E-state index contributed by atoms with van der Waals surface area (Å²) in [6.45, 7) is 0. The van der Waals surface area contributed by atoms with Crippen molar-refractivity contribution in [2.75, 3.05) is 0 Å². The average molecular weight is 454 g/mol. The number of halogens is 1. The van der Waals surface area contributed by atoms with Gasteiger partial charge < -0.3 is 0 Å². The van der Waals surface area contributed by atoms with Crippen LogP contribution < -0.4 is 0 Å². The van der Waals surface area contributed by atoms with Crippen LogP contribution in [0.4, 0.5) is 0 Å². The van der Waals surface area contributed by atoms with E-state index in [4.69, 9.17) is 11.2 Å². The smallest absolute Gasteiger partial charge is 0.0619 e. The molecule has 4 heterocycles. The Morgan fingerprint density at radius 3 is 1.00 bits per heavy atom. The third-order valence-electron chi connectivity index (χ3n) is 7.95. The Kier molecular flexibility index (Phi) is 3.33. The first-order chi connectivity index (χ1) is 15.3. The van der Waals surface area contributed by atoms with E-state index in [9.17, 15) is 0 Å². The van der Waals surface area contributed by atoms with E-state index in [1.54, 1.807) is 22.3 Å². The predicted octanol–water partition coefficient (Wildman–Crippen LogP) is 8.97. The van der Waals surface area contributed by atoms with Gasteiger partial charge >= 0.3 is 0 Å².